The lowest BCUT2D eigenvalue weighted by molar-refractivity contribution is -0.139. The Hall–Kier alpha value is -3.23. The molecule has 1 aliphatic rings. The van der Waals surface area contributed by atoms with Crippen LogP contribution in [-0.4, -0.2) is 55.1 Å². The van der Waals surface area contributed by atoms with Crippen LogP contribution in [0.25, 0.3) is 6.08 Å². The van der Waals surface area contributed by atoms with Gasteiger partial charge in [-0.25, -0.2) is 13.2 Å². The van der Waals surface area contributed by atoms with E-state index in [0.717, 1.165) is 17.1 Å². The van der Waals surface area contributed by atoms with Gasteiger partial charge in [0.1, 0.15) is 6.04 Å². The summed E-state index contributed by atoms with van der Waals surface area (Å²) in [5.74, 6) is -2.26. The lowest BCUT2D eigenvalue weighted by Gasteiger charge is -2.29. The SMILES string of the molecule is CS(=O)(=O)c1cccc(C[C@H](NC(=O)c2c(Cl)cc3c(c2Cl)CCN(C(=O)/C=C/c2ccccc2P)C3)C(=O)O)c1. The van der Waals surface area contributed by atoms with E-state index in [0.29, 0.717) is 29.7 Å². The minimum absolute atomic E-state index is 0.0243. The summed E-state index contributed by atoms with van der Waals surface area (Å²) >= 11 is 13.1. The predicted molar refractivity (Wildman–Crippen MR) is 163 cm³/mol. The summed E-state index contributed by atoms with van der Waals surface area (Å²) in [4.78, 5) is 39.7. The first-order chi connectivity index (χ1) is 19.3. The van der Waals surface area contributed by atoms with E-state index in [9.17, 15) is 27.9 Å². The third kappa shape index (κ3) is 7.35. The zero-order chi connectivity index (χ0) is 29.9. The number of carbonyl (C=O) groups excluding carboxylic acids is 2. The van der Waals surface area contributed by atoms with Crippen LogP contribution in [0.3, 0.4) is 0 Å². The summed E-state index contributed by atoms with van der Waals surface area (Å²) in [6, 6.07) is 13.7. The van der Waals surface area contributed by atoms with Crippen LogP contribution in [0, 0.1) is 0 Å². The number of amides is 2. The van der Waals surface area contributed by atoms with Gasteiger partial charge >= 0.3 is 5.97 Å². The highest BCUT2D eigenvalue weighted by atomic mass is 35.5. The monoisotopic (exact) mass is 632 g/mol. The maximum Gasteiger partial charge on any atom is 0.326 e. The van der Waals surface area contributed by atoms with Crippen molar-refractivity contribution in [3.05, 3.63) is 98.5 Å². The third-order valence-electron chi connectivity index (χ3n) is 6.71. The summed E-state index contributed by atoms with van der Waals surface area (Å²) in [7, 11) is -0.866. The molecule has 0 saturated carbocycles. The maximum atomic E-state index is 13.2. The van der Waals surface area contributed by atoms with Gasteiger partial charge in [-0.1, -0.05) is 59.6 Å². The minimum Gasteiger partial charge on any atom is -0.480 e. The average molecular weight is 633 g/mol. The molecule has 2 N–H and O–H groups in total. The van der Waals surface area contributed by atoms with Crippen molar-refractivity contribution in [1.82, 2.24) is 10.2 Å². The fourth-order valence-electron chi connectivity index (χ4n) is 4.55. The lowest BCUT2D eigenvalue weighted by atomic mass is 9.96. The van der Waals surface area contributed by atoms with Gasteiger partial charge in [-0.3, -0.25) is 9.59 Å². The molecule has 214 valence electrons. The zero-order valence-corrected chi connectivity index (χ0v) is 25.4. The van der Waals surface area contributed by atoms with Crippen molar-refractivity contribution in [2.24, 2.45) is 0 Å². The molecule has 0 aliphatic carbocycles. The number of hydrogen-bond donors (Lipinski definition) is 2. The van der Waals surface area contributed by atoms with Crippen LogP contribution in [0.1, 0.15) is 32.6 Å². The second-order valence-electron chi connectivity index (χ2n) is 9.65. The Labute approximate surface area is 250 Å². The van der Waals surface area contributed by atoms with E-state index in [4.69, 9.17) is 23.2 Å². The van der Waals surface area contributed by atoms with Gasteiger partial charge in [0.2, 0.25) is 5.91 Å². The molecule has 0 bridgehead atoms. The number of carboxylic acids is 1. The number of rotatable bonds is 8. The third-order valence-corrected chi connectivity index (χ3v) is 9.07. The van der Waals surface area contributed by atoms with E-state index in [1.807, 2.05) is 24.3 Å². The molecule has 0 spiro atoms. The second kappa shape index (κ2) is 12.7. The van der Waals surface area contributed by atoms with Gasteiger partial charge in [0.25, 0.3) is 5.91 Å². The molecular formula is C29H27Cl2N2O6PS. The van der Waals surface area contributed by atoms with E-state index in [1.54, 1.807) is 23.1 Å². The number of benzene rings is 3. The Morgan fingerprint density at radius 3 is 2.54 bits per heavy atom. The fourth-order valence-corrected chi connectivity index (χ4v) is 6.31. The van der Waals surface area contributed by atoms with Gasteiger partial charge in [-0.2, -0.15) is 0 Å². The van der Waals surface area contributed by atoms with E-state index >= 15 is 0 Å². The molecule has 0 saturated heterocycles. The standard InChI is InChI=1S/C29H27Cl2N2O6PS/c1-41(38,39)20-7-4-5-17(13-20)14-23(29(36)37)32-28(35)26-22(30)15-19-16-33(12-11-21(19)27(26)31)25(34)10-9-18-6-2-3-8-24(18)40/h2-10,13,15,23H,11-12,14,16,40H2,1H3,(H,32,35)(H,36,37)/b10-9+/t23-/m0/s1. The average Bonchev–Trinajstić information content (AvgIpc) is 2.91. The van der Waals surface area contributed by atoms with Gasteiger partial charge < -0.3 is 15.3 Å². The Morgan fingerprint density at radius 2 is 1.85 bits per heavy atom. The van der Waals surface area contributed by atoms with Gasteiger partial charge in [-0.15, -0.1) is 9.24 Å². The molecule has 0 aromatic heterocycles. The van der Waals surface area contributed by atoms with Crippen molar-refractivity contribution in [3.8, 4) is 0 Å². The Bertz CT molecular complexity index is 1680. The normalized spacial score (nSPS) is 14.0. The van der Waals surface area contributed by atoms with Crippen molar-refractivity contribution >= 4 is 71.4 Å². The van der Waals surface area contributed by atoms with Gasteiger partial charge in [-0.05, 0) is 58.3 Å². The Kier molecular flexibility index (Phi) is 9.55. The number of nitrogens with zero attached hydrogens (tertiary/aromatic N) is 1. The summed E-state index contributed by atoms with van der Waals surface area (Å²) in [5.41, 5.74) is 2.64. The number of fused-ring (bicyclic) bond motifs is 1. The molecule has 12 heteroatoms. The van der Waals surface area contributed by atoms with Crippen LogP contribution in [0.5, 0.6) is 0 Å². The largest absolute Gasteiger partial charge is 0.480 e. The molecule has 1 unspecified atom stereocenters. The second-order valence-corrected chi connectivity index (χ2v) is 13.1. The molecule has 4 rings (SSSR count). The van der Waals surface area contributed by atoms with Crippen molar-refractivity contribution in [2.45, 2.75) is 30.3 Å². The molecule has 2 atom stereocenters. The van der Waals surface area contributed by atoms with Crippen LogP contribution in [0.4, 0.5) is 0 Å². The van der Waals surface area contributed by atoms with Gasteiger partial charge in [0.05, 0.1) is 20.5 Å². The van der Waals surface area contributed by atoms with Gasteiger partial charge in [0.15, 0.2) is 9.84 Å². The lowest BCUT2D eigenvalue weighted by Crippen LogP contribution is -2.42. The first-order valence-corrected chi connectivity index (χ1v) is 15.7. The zero-order valence-electron chi connectivity index (χ0n) is 21.9. The number of nitrogens with one attached hydrogen (secondary N) is 1. The number of sulfone groups is 1. The molecule has 8 nitrogen and oxygen atoms in total. The molecule has 1 heterocycles. The Balaban J connectivity index is 1.51. The maximum absolute atomic E-state index is 13.2. The number of halogens is 2. The van der Waals surface area contributed by atoms with E-state index in [1.165, 1.54) is 24.3 Å². The molecule has 0 radical (unpaired) electrons. The predicted octanol–water partition coefficient (Wildman–Crippen LogP) is 3.92. The molecule has 0 fully saturated rings. The molecule has 41 heavy (non-hydrogen) atoms. The summed E-state index contributed by atoms with van der Waals surface area (Å²) < 4.78 is 23.8. The van der Waals surface area contributed by atoms with Crippen LogP contribution >= 0.6 is 32.4 Å². The number of hydrogen-bond acceptors (Lipinski definition) is 5. The van der Waals surface area contributed by atoms with E-state index in [2.05, 4.69) is 14.6 Å². The van der Waals surface area contributed by atoms with Crippen LogP contribution in [0.15, 0.2) is 65.6 Å². The molecular weight excluding hydrogens is 606 g/mol. The van der Waals surface area contributed by atoms with Crippen LogP contribution in [0.2, 0.25) is 10.0 Å². The van der Waals surface area contributed by atoms with Crippen molar-refractivity contribution in [1.29, 1.82) is 0 Å². The number of aliphatic carboxylic acids is 1. The molecule has 3 aromatic rings. The minimum atomic E-state index is -3.49. The molecule has 1 aliphatic heterocycles. The van der Waals surface area contributed by atoms with Crippen molar-refractivity contribution < 1.29 is 27.9 Å². The van der Waals surface area contributed by atoms with Crippen LogP contribution in [-0.2, 0) is 38.8 Å². The highest BCUT2D eigenvalue weighted by molar-refractivity contribution is 7.90. The molecule has 3 aromatic carbocycles. The fraction of sp³-hybridized carbons (Fsp3) is 0.207. The number of carbonyl (C=O) groups is 3. The van der Waals surface area contributed by atoms with Crippen molar-refractivity contribution in [3.63, 3.8) is 0 Å². The van der Waals surface area contributed by atoms with E-state index < -0.39 is 27.8 Å². The first kappa shape index (κ1) is 30.7. The Morgan fingerprint density at radius 1 is 1.12 bits per heavy atom. The van der Waals surface area contributed by atoms with Crippen molar-refractivity contribution in [2.75, 3.05) is 12.8 Å². The highest BCUT2D eigenvalue weighted by Gasteiger charge is 2.29. The van der Waals surface area contributed by atoms with Crippen LogP contribution < -0.4 is 10.6 Å². The van der Waals surface area contributed by atoms with E-state index in [-0.39, 0.29) is 39.4 Å². The first-order valence-electron chi connectivity index (χ1n) is 12.5. The summed E-state index contributed by atoms with van der Waals surface area (Å²) in [5, 5.41) is 13.3. The quantitative estimate of drug-likeness (QED) is 0.287. The summed E-state index contributed by atoms with van der Waals surface area (Å²) in [6.07, 6.45) is 4.54. The summed E-state index contributed by atoms with van der Waals surface area (Å²) in [6.45, 7) is 0.617. The number of carboxylic acid groups (broad SMARTS) is 1. The smallest absolute Gasteiger partial charge is 0.326 e. The van der Waals surface area contributed by atoms with Gasteiger partial charge in [0, 0.05) is 31.8 Å². The molecule has 2 amide bonds. The highest BCUT2D eigenvalue weighted by Crippen LogP contribution is 2.35. The topological polar surface area (TPSA) is 121 Å².